The van der Waals surface area contributed by atoms with Crippen molar-refractivity contribution >= 4 is 11.7 Å². The van der Waals surface area contributed by atoms with Gasteiger partial charge in [-0.25, -0.2) is 0 Å². The van der Waals surface area contributed by atoms with E-state index in [1.807, 2.05) is 59.5 Å². The predicted octanol–water partition coefficient (Wildman–Crippen LogP) is 2.98. The number of H-pyrrole nitrogens is 1. The average Bonchev–Trinajstić information content (AvgIpc) is 3.25. The third kappa shape index (κ3) is 4.01. The van der Waals surface area contributed by atoms with Gasteiger partial charge in [0.05, 0.1) is 19.2 Å². The Balaban J connectivity index is 1.35. The van der Waals surface area contributed by atoms with Crippen LogP contribution in [0, 0.1) is 0 Å². The van der Waals surface area contributed by atoms with Crippen molar-refractivity contribution in [2.24, 2.45) is 0 Å². The first-order valence-corrected chi connectivity index (χ1v) is 9.49. The lowest BCUT2D eigenvalue weighted by atomic mass is 10.1. The second-order valence-electron chi connectivity index (χ2n) is 6.90. The molecule has 0 aliphatic carbocycles. The van der Waals surface area contributed by atoms with Crippen LogP contribution in [-0.2, 0) is 11.2 Å². The van der Waals surface area contributed by atoms with E-state index in [2.05, 4.69) is 21.2 Å². The number of rotatable bonds is 5. The first kappa shape index (κ1) is 18.1. The van der Waals surface area contributed by atoms with Crippen molar-refractivity contribution in [1.82, 2.24) is 15.1 Å². The summed E-state index contributed by atoms with van der Waals surface area (Å²) < 4.78 is 5.21. The van der Waals surface area contributed by atoms with Crippen LogP contribution < -0.4 is 9.64 Å². The van der Waals surface area contributed by atoms with Crippen LogP contribution in [0.25, 0.3) is 11.3 Å². The molecule has 144 valence electrons. The van der Waals surface area contributed by atoms with Crippen LogP contribution in [-0.4, -0.2) is 54.3 Å². The molecule has 1 amide bonds. The van der Waals surface area contributed by atoms with E-state index in [-0.39, 0.29) is 5.91 Å². The molecule has 0 atom stereocenters. The number of carbonyl (C=O) groups excluding carboxylic acids is 1. The van der Waals surface area contributed by atoms with Crippen LogP contribution >= 0.6 is 0 Å². The molecular weight excluding hydrogens is 352 g/mol. The third-order valence-electron chi connectivity index (χ3n) is 5.12. The van der Waals surface area contributed by atoms with Crippen molar-refractivity contribution in [2.45, 2.75) is 6.42 Å². The van der Waals surface area contributed by atoms with E-state index in [0.717, 1.165) is 54.6 Å². The molecular formula is C22H24N4O2. The quantitative estimate of drug-likeness (QED) is 0.744. The zero-order chi connectivity index (χ0) is 19.3. The van der Waals surface area contributed by atoms with E-state index < -0.39 is 0 Å². The Kier molecular flexibility index (Phi) is 5.28. The van der Waals surface area contributed by atoms with Crippen LogP contribution in [0.15, 0.2) is 60.7 Å². The number of benzene rings is 2. The summed E-state index contributed by atoms with van der Waals surface area (Å²) in [5.74, 6) is 1.94. The number of hydrogen-bond acceptors (Lipinski definition) is 4. The van der Waals surface area contributed by atoms with Crippen molar-refractivity contribution < 1.29 is 9.53 Å². The predicted molar refractivity (Wildman–Crippen MR) is 110 cm³/mol. The highest BCUT2D eigenvalue weighted by molar-refractivity contribution is 5.79. The summed E-state index contributed by atoms with van der Waals surface area (Å²) in [5.41, 5.74) is 3.10. The van der Waals surface area contributed by atoms with Gasteiger partial charge >= 0.3 is 0 Å². The monoisotopic (exact) mass is 376 g/mol. The summed E-state index contributed by atoms with van der Waals surface area (Å²) in [7, 11) is 1.66. The standard InChI is InChI=1S/C22H24N4O2/c1-28-19-9-7-18(8-10-19)20-16-21(24-23-20)25-11-13-26(14-12-25)22(27)15-17-5-3-2-4-6-17/h2-10,16H,11-15H2,1H3,(H,23,24). The third-order valence-corrected chi connectivity index (χ3v) is 5.12. The molecule has 0 bridgehead atoms. The van der Waals surface area contributed by atoms with E-state index in [9.17, 15) is 4.79 Å². The summed E-state index contributed by atoms with van der Waals surface area (Å²) in [6, 6.07) is 19.9. The van der Waals surface area contributed by atoms with E-state index in [1.54, 1.807) is 7.11 Å². The van der Waals surface area contributed by atoms with Gasteiger partial charge in [0, 0.05) is 32.2 Å². The minimum absolute atomic E-state index is 0.187. The highest BCUT2D eigenvalue weighted by atomic mass is 16.5. The number of aromatic nitrogens is 2. The lowest BCUT2D eigenvalue weighted by molar-refractivity contribution is -0.130. The molecule has 0 spiro atoms. The molecule has 1 aliphatic heterocycles. The number of ether oxygens (including phenoxy) is 1. The Morgan fingerprint density at radius 2 is 1.75 bits per heavy atom. The van der Waals surface area contributed by atoms with Crippen LogP contribution in [0.2, 0.25) is 0 Å². The maximum Gasteiger partial charge on any atom is 0.227 e. The van der Waals surface area contributed by atoms with Crippen molar-refractivity contribution in [3.63, 3.8) is 0 Å². The zero-order valence-corrected chi connectivity index (χ0v) is 16.0. The number of piperazine rings is 1. The molecule has 1 N–H and O–H groups in total. The number of aromatic amines is 1. The number of amides is 1. The molecule has 0 unspecified atom stereocenters. The second kappa shape index (κ2) is 8.17. The SMILES string of the molecule is COc1ccc(-c2cc(N3CCN(C(=O)Cc4ccccc4)CC3)n[nH]2)cc1. The fourth-order valence-corrected chi connectivity index (χ4v) is 3.46. The molecule has 2 aromatic carbocycles. The molecule has 6 nitrogen and oxygen atoms in total. The van der Waals surface area contributed by atoms with Gasteiger partial charge in [-0.15, -0.1) is 0 Å². The van der Waals surface area contributed by atoms with Gasteiger partial charge in [-0.2, -0.15) is 5.10 Å². The summed E-state index contributed by atoms with van der Waals surface area (Å²) in [5, 5.41) is 7.57. The van der Waals surface area contributed by atoms with Crippen molar-refractivity contribution in [3.05, 3.63) is 66.2 Å². The Morgan fingerprint density at radius 1 is 1.04 bits per heavy atom. The van der Waals surface area contributed by atoms with E-state index in [0.29, 0.717) is 6.42 Å². The van der Waals surface area contributed by atoms with Gasteiger partial charge in [-0.1, -0.05) is 30.3 Å². The summed E-state index contributed by atoms with van der Waals surface area (Å²) >= 11 is 0. The van der Waals surface area contributed by atoms with Gasteiger partial charge in [0.1, 0.15) is 5.75 Å². The van der Waals surface area contributed by atoms with E-state index in [1.165, 1.54) is 0 Å². The summed E-state index contributed by atoms with van der Waals surface area (Å²) in [6.07, 6.45) is 0.463. The molecule has 1 aromatic heterocycles. The maximum atomic E-state index is 12.5. The Morgan fingerprint density at radius 3 is 2.43 bits per heavy atom. The van der Waals surface area contributed by atoms with E-state index in [4.69, 9.17) is 4.74 Å². The molecule has 2 heterocycles. The molecule has 4 rings (SSSR count). The van der Waals surface area contributed by atoms with Crippen LogP contribution in [0.5, 0.6) is 5.75 Å². The molecule has 3 aromatic rings. The van der Waals surface area contributed by atoms with Gasteiger partial charge < -0.3 is 14.5 Å². The van der Waals surface area contributed by atoms with Gasteiger partial charge in [0.15, 0.2) is 5.82 Å². The number of methoxy groups -OCH3 is 1. The van der Waals surface area contributed by atoms with Gasteiger partial charge in [0.2, 0.25) is 5.91 Å². The fourth-order valence-electron chi connectivity index (χ4n) is 3.46. The largest absolute Gasteiger partial charge is 0.497 e. The molecule has 28 heavy (non-hydrogen) atoms. The number of carbonyl (C=O) groups is 1. The average molecular weight is 376 g/mol. The molecule has 6 heteroatoms. The smallest absolute Gasteiger partial charge is 0.227 e. The van der Waals surface area contributed by atoms with Gasteiger partial charge in [-0.05, 0) is 35.4 Å². The lowest BCUT2D eigenvalue weighted by Gasteiger charge is -2.34. The molecule has 0 radical (unpaired) electrons. The Bertz CT molecular complexity index is 913. The zero-order valence-electron chi connectivity index (χ0n) is 16.0. The first-order chi connectivity index (χ1) is 13.7. The minimum Gasteiger partial charge on any atom is -0.497 e. The Hall–Kier alpha value is -3.28. The molecule has 1 aliphatic rings. The van der Waals surface area contributed by atoms with E-state index >= 15 is 0 Å². The van der Waals surface area contributed by atoms with Crippen LogP contribution in [0.4, 0.5) is 5.82 Å². The van der Waals surface area contributed by atoms with Gasteiger partial charge in [0.25, 0.3) is 0 Å². The minimum atomic E-state index is 0.187. The highest BCUT2D eigenvalue weighted by Crippen LogP contribution is 2.24. The second-order valence-corrected chi connectivity index (χ2v) is 6.90. The number of anilines is 1. The molecule has 0 saturated carbocycles. The maximum absolute atomic E-state index is 12.5. The Labute approximate surface area is 164 Å². The number of nitrogens with one attached hydrogen (secondary N) is 1. The summed E-state index contributed by atoms with van der Waals surface area (Å²) in [4.78, 5) is 16.7. The topological polar surface area (TPSA) is 61.5 Å². The molecule has 1 fully saturated rings. The number of hydrogen-bond donors (Lipinski definition) is 1. The van der Waals surface area contributed by atoms with Crippen LogP contribution in [0.1, 0.15) is 5.56 Å². The molecule has 1 saturated heterocycles. The van der Waals surface area contributed by atoms with Crippen molar-refractivity contribution in [3.8, 4) is 17.0 Å². The lowest BCUT2D eigenvalue weighted by Crippen LogP contribution is -2.49. The van der Waals surface area contributed by atoms with Crippen molar-refractivity contribution in [1.29, 1.82) is 0 Å². The highest BCUT2D eigenvalue weighted by Gasteiger charge is 2.22. The normalized spacial score (nSPS) is 14.2. The summed E-state index contributed by atoms with van der Waals surface area (Å²) in [6.45, 7) is 3.01. The van der Waals surface area contributed by atoms with Crippen LogP contribution in [0.3, 0.4) is 0 Å². The fraction of sp³-hybridized carbons (Fsp3) is 0.273. The first-order valence-electron chi connectivity index (χ1n) is 9.49. The number of nitrogens with zero attached hydrogens (tertiary/aromatic N) is 3. The van der Waals surface area contributed by atoms with Crippen molar-refractivity contribution in [2.75, 3.05) is 38.2 Å². The van der Waals surface area contributed by atoms with Gasteiger partial charge in [-0.3, -0.25) is 9.89 Å².